The summed E-state index contributed by atoms with van der Waals surface area (Å²) in [5.74, 6) is 0.758. The van der Waals surface area contributed by atoms with E-state index in [9.17, 15) is 15.0 Å². The van der Waals surface area contributed by atoms with E-state index in [4.69, 9.17) is 0 Å². The van der Waals surface area contributed by atoms with Gasteiger partial charge in [0.05, 0.1) is 17.0 Å². The van der Waals surface area contributed by atoms with Crippen molar-refractivity contribution in [2.45, 2.75) is 51.7 Å². The molecule has 25 heavy (non-hydrogen) atoms. The van der Waals surface area contributed by atoms with Crippen molar-refractivity contribution in [2.75, 3.05) is 0 Å². The summed E-state index contributed by atoms with van der Waals surface area (Å²) in [6.45, 7) is 4.01. The van der Waals surface area contributed by atoms with Crippen molar-refractivity contribution < 1.29 is 15.0 Å². The molecule has 3 N–H and O–H groups in total. The quantitative estimate of drug-likeness (QED) is 0.760. The predicted molar refractivity (Wildman–Crippen MR) is 100 cm³/mol. The maximum atomic E-state index is 12.6. The summed E-state index contributed by atoms with van der Waals surface area (Å²) in [6.07, 6.45) is 3.72. The molecule has 1 heterocycles. The summed E-state index contributed by atoms with van der Waals surface area (Å²) in [5.41, 5.74) is 1.99. The Hall–Kier alpha value is -1.85. The minimum atomic E-state index is -0.816. The van der Waals surface area contributed by atoms with Crippen LogP contribution in [0.15, 0.2) is 30.3 Å². The second-order valence-electron chi connectivity index (χ2n) is 6.87. The fourth-order valence-electron chi connectivity index (χ4n) is 3.38. The highest BCUT2D eigenvalue weighted by atomic mass is 32.1. The molecular formula is C20H25NO3S. The fourth-order valence-corrected chi connectivity index (χ4v) is 4.49. The van der Waals surface area contributed by atoms with Crippen molar-refractivity contribution in [1.29, 1.82) is 0 Å². The molecule has 134 valence electrons. The molecule has 0 saturated heterocycles. The van der Waals surface area contributed by atoms with Crippen LogP contribution in [0.1, 0.15) is 58.5 Å². The monoisotopic (exact) mass is 359 g/mol. The highest BCUT2D eigenvalue weighted by molar-refractivity contribution is 7.14. The first-order valence-electron chi connectivity index (χ1n) is 8.87. The van der Waals surface area contributed by atoms with E-state index >= 15 is 0 Å². The molecule has 4 nitrogen and oxygen atoms in total. The molecule has 0 radical (unpaired) electrons. The van der Waals surface area contributed by atoms with Gasteiger partial charge in [0.25, 0.3) is 5.91 Å². The van der Waals surface area contributed by atoms with Gasteiger partial charge in [0.1, 0.15) is 5.75 Å². The predicted octanol–water partition coefficient (Wildman–Crippen LogP) is 3.82. The number of carbonyl (C=O) groups excluding carboxylic acids is 1. The number of hydrogen-bond acceptors (Lipinski definition) is 4. The largest absolute Gasteiger partial charge is 0.508 e. The smallest absolute Gasteiger partial charge is 0.261 e. The summed E-state index contributed by atoms with van der Waals surface area (Å²) in [5, 5.41) is 22.7. The third kappa shape index (κ3) is 4.05. The number of phenolic OH excluding ortho intramolecular Hbond substituents is 1. The number of aliphatic hydroxyl groups is 1. The van der Waals surface area contributed by atoms with Gasteiger partial charge in [-0.2, -0.15) is 0 Å². The number of rotatable bonds is 5. The summed E-state index contributed by atoms with van der Waals surface area (Å²) >= 11 is 1.58. The van der Waals surface area contributed by atoms with Crippen molar-refractivity contribution in [3.8, 4) is 5.75 Å². The Bertz CT molecular complexity index is 738. The van der Waals surface area contributed by atoms with Gasteiger partial charge in [-0.15, -0.1) is 11.3 Å². The van der Waals surface area contributed by atoms with Crippen molar-refractivity contribution in [3.05, 3.63) is 51.2 Å². The number of aromatic hydroxyl groups is 1. The molecule has 0 bridgehead atoms. The van der Waals surface area contributed by atoms with E-state index in [1.165, 1.54) is 35.4 Å². The third-order valence-electron chi connectivity index (χ3n) is 5.05. The number of benzene rings is 1. The molecule has 0 saturated carbocycles. The lowest BCUT2D eigenvalue weighted by molar-refractivity contribution is 0.0855. The topological polar surface area (TPSA) is 69.6 Å². The van der Waals surface area contributed by atoms with Crippen molar-refractivity contribution in [1.82, 2.24) is 5.32 Å². The molecule has 0 aliphatic heterocycles. The van der Waals surface area contributed by atoms with Crippen LogP contribution in [-0.4, -0.2) is 22.2 Å². The molecule has 3 atom stereocenters. The molecular weight excluding hydrogens is 334 g/mol. The zero-order chi connectivity index (χ0) is 18.0. The number of aryl methyl sites for hydroxylation is 1. The number of aliphatic hydroxyl groups excluding tert-OH is 1. The van der Waals surface area contributed by atoms with Gasteiger partial charge in [-0.25, -0.2) is 0 Å². The van der Waals surface area contributed by atoms with Gasteiger partial charge in [0, 0.05) is 4.88 Å². The van der Waals surface area contributed by atoms with E-state index in [1.807, 2.05) is 6.07 Å². The van der Waals surface area contributed by atoms with E-state index in [0.29, 0.717) is 5.56 Å². The lowest BCUT2D eigenvalue weighted by atomic mass is 9.87. The highest BCUT2D eigenvalue weighted by Gasteiger charge is 2.24. The summed E-state index contributed by atoms with van der Waals surface area (Å²) in [4.78, 5) is 14.6. The maximum absolute atomic E-state index is 12.6. The SMILES string of the molecule is CC[C@@H]1CCc2sc(C(=O)N[C@@H](C)[C@H](O)c3ccc(O)cc3)cc2C1. The van der Waals surface area contributed by atoms with E-state index in [0.717, 1.165) is 23.6 Å². The van der Waals surface area contributed by atoms with E-state index in [2.05, 4.69) is 12.2 Å². The van der Waals surface area contributed by atoms with Crippen LogP contribution in [0.4, 0.5) is 0 Å². The van der Waals surface area contributed by atoms with Crippen LogP contribution in [0.25, 0.3) is 0 Å². The third-order valence-corrected chi connectivity index (χ3v) is 6.29. The van der Waals surface area contributed by atoms with Gasteiger partial charge in [0.15, 0.2) is 0 Å². The fraction of sp³-hybridized carbons (Fsp3) is 0.450. The molecule has 1 aliphatic rings. The Morgan fingerprint density at radius 1 is 1.36 bits per heavy atom. The molecule has 1 aliphatic carbocycles. The second-order valence-corrected chi connectivity index (χ2v) is 8.01. The number of fused-ring (bicyclic) bond motifs is 1. The molecule has 1 amide bonds. The molecule has 2 aromatic rings. The number of carbonyl (C=O) groups is 1. The van der Waals surface area contributed by atoms with E-state index in [-0.39, 0.29) is 11.7 Å². The van der Waals surface area contributed by atoms with Crippen LogP contribution in [0.5, 0.6) is 5.75 Å². The maximum Gasteiger partial charge on any atom is 0.261 e. The molecule has 0 spiro atoms. The first-order valence-corrected chi connectivity index (χ1v) is 9.69. The van der Waals surface area contributed by atoms with Crippen molar-refractivity contribution in [3.63, 3.8) is 0 Å². The van der Waals surface area contributed by atoms with Gasteiger partial charge in [-0.1, -0.05) is 25.5 Å². The standard InChI is InChI=1S/C20H25NO3S/c1-3-13-4-9-17-15(10-13)11-18(25-17)20(24)21-12(2)19(23)14-5-7-16(22)8-6-14/h5-8,11-13,19,22-23H,3-4,9-10H2,1-2H3,(H,21,24)/t12-,13+,19-/m0/s1. The second kappa shape index (κ2) is 7.58. The van der Waals surface area contributed by atoms with E-state index < -0.39 is 12.1 Å². The Kier molecular flexibility index (Phi) is 5.45. The van der Waals surface area contributed by atoms with Gasteiger partial charge >= 0.3 is 0 Å². The molecule has 0 fully saturated rings. The zero-order valence-corrected chi connectivity index (χ0v) is 15.5. The Morgan fingerprint density at radius 2 is 2.08 bits per heavy atom. The minimum absolute atomic E-state index is 0.127. The molecule has 0 unspecified atom stereocenters. The van der Waals surface area contributed by atoms with Crippen LogP contribution < -0.4 is 5.32 Å². The molecule has 1 aromatic heterocycles. The van der Waals surface area contributed by atoms with Crippen LogP contribution >= 0.6 is 11.3 Å². The van der Waals surface area contributed by atoms with Crippen LogP contribution in [0.2, 0.25) is 0 Å². The van der Waals surface area contributed by atoms with Gasteiger partial charge in [-0.3, -0.25) is 4.79 Å². The number of nitrogens with one attached hydrogen (secondary N) is 1. The van der Waals surface area contributed by atoms with Crippen LogP contribution in [0.3, 0.4) is 0 Å². The summed E-state index contributed by atoms with van der Waals surface area (Å²) in [7, 11) is 0. The number of hydrogen-bond donors (Lipinski definition) is 3. The number of amides is 1. The zero-order valence-electron chi connectivity index (χ0n) is 14.7. The van der Waals surface area contributed by atoms with Crippen LogP contribution in [-0.2, 0) is 12.8 Å². The van der Waals surface area contributed by atoms with Crippen LogP contribution in [0, 0.1) is 5.92 Å². The lowest BCUT2D eigenvalue weighted by Crippen LogP contribution is -2.36. The normalized spacial score (nSPS) is 19.1. The molecule has 1 aromatic carbocycles. The Balaban J connectivity index is 1.66. The van der Waals surface area contributed by atoms with Gasteiger partial charge < -0.3 is 15.5 Å². The number of thiophene rings is 1. The number of phenols is 1. The molecule has 3 rings (SSSR count). The lowest BCUT2D eigenvalue weighted by Gasteiger charge is -2.20. The minimum Gasteiger partial charge on any atom is -0.508 e. The van der Waals surface area contributed by atoms with Crippen molar-refractivity contribution >= 4 is 17.2 Å². The van der Waals surface area contributed by atoms with Gasteiger partial charge in [-0.05, 0) is 61.4 Å². The average molecular weight is 359 g/mol. The summed E-state index contributed by atoms with van der Waals surface area (Å²) in [6, 6.07) is 8.00. The first kappa shape index (κ1) is 18.0. The molecule has 5 heteroatoms. The van der Waals surface area contributed by atoms with Gasteiger partial charge in [0.2, 0.25) is 0 Å². The van der Waals surface area contributed by atoms with Crippen molar-refractivity contribution in [2.24, 2.45) is 5.92 Å². The highest BCUT2D eigenvalue weighted by Crippen LogP contribution is 2.33. The average Bonchev–Trinajstić information content (AvgIpc) is 3.04. The Labute approximate surface area is 152 Å². The Morgan fingerprint density at radius 3 is 2.76 bits per heavy atom. The summed E-state index contributed by atoms with van der Waals surface area (Å²) < 4.78 is 0. The first-order chi connectivity index (χ1) is 12.0. The van der Waals surface area contributed by atoms with E-state index in [1.54, 1.807) is 30.4 Å².